The summed E-state index contributed by atoms with van der Waals surface area (Å²) >= 11 is 1.49. The molecule has 0 aromatic heterocycles. The van der Waals surface area contributed by atoms with Gasteiger partial charge >= 0.3 is 5.97 Å². The highest BCUT2D eigenvalue weighted by Gasteiger charge is 2.14. The van der Waals surface area contributed by atoms with Gasteiger partial charge in [-0.05, 0) is 17.9 Å². The lowest BCUT2D eigenvalue weighted by Gasteiger charge is -2.11. The maximum Gasteiger partial charge on any atom is 0.338 e. The standard InChI is InChI=1S/C11H15NO3S/c1-2-16-9-5-3-4-8(12-6-7-13)10(9)11(14)15/h3-5,12-13H,2,6-7H2,1H3,(H,14,15). The highest BCUT2D eigenvalue weighted by atomic mass is 32.2. The van der Waals surface area contributed by atoms with Crippen LogP contribution in [0.1, 0.15) is 17.3 Å². The van der Waals surface area contributed by atoms with Crippen molar-refractivity contribution in [3.05, 3.63) is 23.8 Å². The number of aliphatic hydroxyl groups excluding tert-OH is 1. The van der Waals surface area contributed by atoms with Gasteiger partial charge in [-0.15, -0.1) is 11.8 Å². The van der Waals surface area contributed by atoms with Crippen molar-refractivity contribution in [2.45, 2.75) is 11.8 Å². The van der Waals surface area contributed by atoms with Crippen LogP contribution < -0.4 is 5.32 Å². The van der Waals surface area contributed by atoms with Crippen molar-refractivity contribution < 1.29 is 15.0 Å². The van der Waals surface area contributed by atoms with E-state index >= 15 is 0 Å². The summed E-state index contributed by atoms with van der Waals surface area (Å²) in [6.45, 7) is 2.30. The first-order valence-electron chi connectivity index (χ1n) is 5.04. The Morgan fingerprint density at radius 2 is 2.25 bits per heavy atom. The van der Waals surface area contributed by atoms with Gasteiger partial charge in [-0.25, -0.2) is 4.79 Å². The number of carbonyl (C=O) groups is 1. The molecular weight excluding hydrogens is 226 g/mol. The Labute approximate surface area is 98.7 Å². The van der Waals surface area contributed by atoms with Crippen LogP contribution in [0, 0.1) is 0 Å². The van der Waals surface area contributed by atoms with Crippen molar-refractivity contribution in [2.24, 2.45) is 0 Å². The Kier molecular flexibility index (Phi) is 5.14. The molecule has 0 radical (unpaired) electrons. The van der Waals surface area contributed by atoms with Crippen LogP contribution in [0.25, 0.3) is 0 Å². The number of aliphatic hydroxyl groups is 1. The Hall–Kier alpha value is -1.20. The van der Waals surface area contributed by atoms with Gasteiger partial charge in [0.1, 0.15) is 0 Å². The Morgan fingerprint density at radius 1 is 1.50 bits per heavy atom. The molecule has 0 atom stereocenters. The lowest BCUT2D eigenvalue weighted by Crippen LogP contribution is -2.11. The second kappa shape index (κ2) is 6.40. The molecule has 3 N–H and O–H groups in total. The van der Waals surface area contributed by atoms with Gasteiger partial charge in [0.2, 0.25) is 0 Å². The number of aromatic carboxylic acids is 1. The molecule has 16 heavy (non-hydrogen) atoms. The van der Waals surface area contributed by atoms with E-state index in [1.807, 2.05) is 13.0 Å². The van der Waals surface area contributed by atoms with Crippen molar-refractivity contribution in [1.82, 2.24) is 0 Å². The van der Waals surface area contributed by atoms with Gasteiger partial charge in [0.25, 0.3) is 0 Å². The van der Waals surface area contributed by atoms with E-state index in [2.05, 4.69) is 5.32 Å². The van der Waals surface area contributed by atoms with Crippen LogP contribution in [0.5, 0.6) is 0 Å². The van der Waals surface area contributed by atoms with Crippen LogP contribution >= 0.6 is 11.8 Å². The number of anilines is 1. The SMILES string of the molecule is CCSc1cccc(NCCO)c1C(=O)O. The molecule has 0 heterocycles. The summed E-state index contributed by atoms with van der Waals surface area (Å²) in [6.07, 6.45) is 0. The average molecular weight is 241 g/mol. The van der Waals surface area contributed by atoms with Crippen LogP contribution in [0.4, 0.5) is 5.69 Å². The lowest BCUT2D eigenvalue weighted by atomic mass is 10.2. The monoisotopic (exact) mass is 241 g/mol. The summed E-state index contributed by atoms with van der Waals surface area (Å²) in [5, 5.41) is 20.8. The zero-order valence-electron chi connectivity index (χ0n) is 9.06. The summed E-state index contributed by atoms with van der Waals surface area (Å²) in [7, 11) is 0. The van der Waals surface area contributed by atoms with E-state index < -0.39 is 5.97 Å². The van der Waals surface area contributed by atoms with E-state index in [1.54, 1.807) is 12.1 Å². The molecule has 0 aliphatic heterocycles. The van der Waals surface area contributed by atoms with E-state index in [0.717, 1.165) is 10.6 Å². The first-order chi connectivity index (χ1) is 7.70. The molecular formula is C11H15NO3S. The minimum absolute atomic E-state index is 0.0236. The minimum atomic E-state index is -0.947. The van der Waals surface area contributed by atoms with Crippen LogP contribution in [-0.2, 0) is 0 Å². The van der Waals surface area contributed by atoms with Gasteiger partial charge in [0.05, 0.1) is 12.2 Å². The highest BCUT2D eigenvalue weighted by Crippen LogP contribution is 2.28. The summed E-state index contributed by atoms with van der Waals surface area (Å²) < 4.78 is 0. The molecule has 0 saturated heterocycles. The number of thioether (sulfide) groups is 1. The van der Waals surface area contributed by atoms with Gasteiger partial charge in [-0.3, -0.25) is 0 Å². The van der Waals surface area contributed by atoms with Crippen molar-refractivity contribution in [1.29, 1.82) is 0 Å². The van der Waals surface area contributed by atoms with E-state index in [-0.39, 0.29) is 12.2 Å². The first kappa shape index (κ1) is 12.9. The average Bonchev–Trinajstić information content (AvgIpc) is 2.26. The lowest BCUT2D eigenvalue weighted by molar-refractivity contribution is 0.0694. The van der Waals surface area contributed by atoms with Gasteiger partial charge < -0.3 is 15.5 Å². The molecule has 5 heteroatoms. The third kappa shape index (κ3) is 3.15. The summed E-state index contributed by atoms with van der Waals surface area (Å²) in [6, 6.07) is 5.31. The van der Waals surface area contributed by atoms with E-state index in [1.165, 1.54) is 11.8 Å². The largest absolute Gasteiger partial charge is 0.478 e. The number of rotatable bonds is 6. The van der Waals surface area contributed by atoms with Crippen molar-refractivity contribution >= 4 is 23.4 Å². The van der Waals surface area contributed by atoms with Gasteiger partial charge in [-0.1, -0.05) is 13.0 Å². The predicted molar refractivity (Wildman–Crippen MR) is 65.4 cm³/mol. The van der Waals surface area contributed by atoms with E-state index in [4.69, 9.17) is 10.2 Å². The van der Waals surface area contributed by atoms with Crippen LogP contribution in [0.3, 0.4) is 0 Å². The van der Waals surface area contributed by atoms with Crippen molar-refractivity contribution in [3.8, 4) is 0 Å². The Bertz CT molecular complexity index is 368. The fourth-order valence-corrected chi connectivity index (χ4v) is 2.19. The zero-order chi connectivity index (χ0) is 12.0. The van der Waals surface area contributed by atoms with Crippen molar-refractivity contribution in [3.63, 3.8) is 0 Å². The third-order valence-corrected chi connectivity index (χ3v) is 2.91. The maximum atomic E-state index is 11.2. The first-order valence-corrected chi connectivity index (χ1v) is 6.03. The molecule has 0 saturated carbocycles. The highest BCUT2D eigenvalue weighted by molar-refractivity contribution is 7.99. The van der Waals surface area contributed by atoms with Gasteiger partial charge in [0.15, 0.2) is 0 Å². The fourth-order valence-electron chi connectivity index (χ4n) is 1.37. The number of carboxylic acids is 1. The van der Waals surface area contributed by atoms with Crippen molar-refractivity contribution in [2.75, 3.05) is 24.2 Å². The van der Waals surface area contributed by atoms with Gasteiger partial charge in [-0.2, -0.15) is 0 Å². The van der Waals surface area contributed by atoms with Crippen LogP contribution in [0.15, 0.2) is 23.1 Å². The Morgan fingerprint density at radius 3 is 2.81 bits per heavy atom. The second-order valence-corrected chi connectivity index (χ2v) is 4.37. The smallest absolute Gasteiger partial charge is 0.338 e. The number of hydrogen-bond donors (Lipinski definition) is 3. The molecule has 88 valence electrons. The molecule has 0 amide bonds. The number of carboxylic acid groups (broad SMARTS) is 1. The molecule has 0 fully saturated rings. The van der Waals surface area contributed by atoms with Crippen LogP contribution in [0.2, 0.25) is 0 Å². The summed E-state index contributed by atoms with van der Waals surface area (Å²) in [5.41, 5.74) is 0.836. The van der Waals surface area contributed by atoms with E-state index in [0.29, 0.717) is 12.2 Å². The fraction of sp³-hybridized carbons (Fsp3) is 0.364. The molecule has 1 rings (SSSR count). The molecule has 0 aliphatic rings. The molecule has 1 aromatic carbocycles. The number of hydrogen-bond acceptors (Lipinski definition) is 4. The summed E-state index contributed by atoms with van der Waals surface area (Å²) in [4.78, 5) is 11.9. The number of benzene rings is 1. The Balaban J connectivity index is 3.05. The summed E-state index contributed by atoms with van der Waals surface area (Å²) in [5.74, 6) is -0.124. The number of nitrogens with one attached hydrogen (secondary N) is 1. The molecule has 0 unspecified atom stereocenters. The van der Waals surface area contributed by atoms with E-state index in [9.17, 15) is 4.79 Å². The normalized spacial score (nSPS) is 10.1. The minimum Gasteiger partial charge on any atom is -0.478 e. The van der Waals surface area contributed by atoms with Gasteiger partial charge in [0, 0.05) is 17.1 Å². The third-order valence-electron chi connectivity index (χ3n) is 1.97. The van der Waals surface area contributed by atoms with Crippen LogP contribution in [-0.4, -0.2) is 35.1 Å². The predicted octanol–water partition coefficient (Wildman–Crippen LogP) is 1.90. The second-order valence-electron chi connectivity index (χ2n) is 3.07. The molecule has 0 aliphatic carbocycles. The molecule has 4 nitrogen and oxygen atoms in total. The molecule has 0 bridgehead atoms. The molecule has 1 aromatic rings. The maximum absolute atomic E-state index is 11.2. The topological polar surface area (TPSA) is 69.6 Å². The molecule has 0 spiro atoms. The zero-order valence-corrected chi connectivity index (χ0v) is 9.88. The quantitative estimate of drug-likeness (QED) is 0.664.